The summed E-state index contributed by atoms with van der Waals surface area (Å²) in [6.45, 7) is 2.18. The molecule has 2 heteroatoms. The topological polar surface area (TPSA) is 24.7 Å². The minimum absolute atomic E-state index is 1.09. The summed E-state index contributed by atoms with van der Waals surface area (Å²) >= 11 is 0. The van der Waals surface area contributed by atoms with E-state index in [2.05, 4.69) is 49.4 Å². The van der Waals surface area contributed by atoms with Gasteiger partial charge in [0.05, 0.1) is 11.4 Å². The fraction of sp³-hybridized carbons (Fsp3) is 0.440. The quantitative estimate of drug-likeness (QED) is 0.536. The fourth-order valence-electron chi connectivity index (χ4n) is 4.19. The molecule has 2 saturated carbocycles. The lowest BCUT2D eigenvalue weighted by atomic mass is 9.98. The highest BCUT2D eigenvalue weighted by molar-refractivity contribution is 5.88. The van der Waals surface area contributed by atoms with Crippen LogP contribution in [-0.2, 0) is 0 Å². The number of nitrogens with zero attached hydrogens (tertiary/aromatic N) is 2. The molecule has 0 amide bonds. The summed E-state index contributed by atoms with van der Waals surface area (Å²) in [6.07, 6.45) is 12.6. The maximum atomic E-state index is 4.93. The Hall–Kier alpha value is -2.22. The summed E-state index contributed by atoms with van der Waals surface area (Å²) in [5.41, 5.74) is 8.75. The van der Waals surface area contributed by atoms with Crippen molar-refractivity contribution in [2.45, 2.75) is 71.1 Å². The van der Waals surface area contributed by atoms with Crippen LogP contribution in [0.3, 0.4) is 0 Å². The van der Waals surface area contributed by atoms with Crippen LogP contribution in [0.15, 0.2) is 52.4 Å². The molecule has 0 saturated heterocycles. The van der Waals surface area contributed by atoms with Crippen LogP contribution < -0.4 is 0 Å². The highest BCUT2D eigenvalue weighted by Crippen LogP contribution is 2.29. The van der Waals surface area contributed by atoms with Gasteiger partial charge in [0.15, 0.2) is 0 Å². The van der Waals surface area contributed by atoms with E-state index in [0.29, 0.717) is 0 Å². The zero-order valence-electron chi connectivity index (χ0n) is 16.5. The lowest BCUT2D eigenvalue weighted by Gasteiger charge is -2.13. The van der Waals surface area contributed by atoms with Gasteiger partial charge < -0.3 is 0 Å². The number of hydrogen-bond donors (Lipinski definition) is 0. The Bertz CT molecular complexity index is 827. The molecule has 0 aliphatic heterocycles. The number of hydrogen-bond acceptors (Lipinski definition) is 2. The van der Waals surface area contributed by atoms with Crippen LogP contribution in [0.2, 0.25) is 0 Å². The number of rotatable bonds is 3. The molecule has 140 valence electrons. The first-order valence-electron chi connectivity index (χ1n) is 10.6. The van der Waals surface area contributed by atoms with Crippen LogP contribution in [0, 0.1) is 6.92 Å². The normalized spacial score (nSPS) is 17.7. The summed E-state index contributed by atoms with van der Waals surface area (Å²) in [5, 5.41) is 0. The largest absolute Gasteiger partial charge is 0.258 e. The molecule has 0 aromatic heterocycles. The Labute approximate surface area is 163 Å². The van der Waals surface area contributed by atoms with E-state index in [1.807, 2.05) is 0 Å². The van der Waals surface area contributed by atoms with Crippen molar-refractivity contribution in [3.8, 4) is 11.1 Å². The molecule has 2 aromatic carbocycles. The summed E-state index contributed by atoms with van der Waals surface area (Å²) in [6, 6.07) is 15.4. The zero-order chi connectivity index (χ0) is 18.5. The van der Waals surface area contributed by atoms with Gasteiger partial charge >= 0.3 is 0 Å². The van der Waals surface area contributed by atoms with Gasteiger partial charge in [0.1, 0.15) is 0 Å². The molecule has 0 bridgehead atoms. The second kappa shape index (κ2) is 8.65. The standard InChI is InChI=1S/C25H30N2/c1-19-18-21(14-17-25(19)27-23-10-6-3-7-11-23)20-12-15-24(16-13-20)26-22-8-4-2-5-9-22/h12-18H,2-11H2,1H3. The molecular formula is C25H30N2. The van der Waals surface area contributed by atoms with Gasteiger partial charge in [-0.15, -0.1) is 0 Å². The Morgan fingerprint density at radius 1 is 0.593 bits per heavy atom. The first-order chi connectivity index (χ1) is 13.3. The highest BCUT2D eigenvalue weighted by atomic mass is 14.8. The van der Waals surface area contributed by atoms with Crippen molar-refractivity contribution in [1.82, 2.24) is 0 Å². The average Bonchev–Trinajstić information content (AvgIpc) is 2.72. The van der Waals surface area contributed by atoms with Gasteiger partial charge in [-0.3, -0.25) is 9.98 Å². The van der Waals surface area contributed by atoms with Crippen LogP contribution in [0.4, 0.5) is 11.4 Å². The minimum Gasteiger partial charge on any atom is -0.258 e. The van der Waals surface area contributed by atoms with E-state index in [-0.39, 0.29) is 0 Å². The summed E-state index contributed by atoms with van der Waals surface area (Å²) in [5.74, 6) is 0. The van der Waals surface area contributed by atoms with Gasteiger partial charge in [-0.05, 0) is 99.2 Å². The zero-order valence-corrected chi connectivity index (χ0v) is 16.5. The lowest BCUT2D eigenvalue weighted by molar-refractivity contribution is 0.667. The Morgan fingerprint density at radius 3 is 1.74 bits per heavy atom. The molecule has 2 aliphatic carbocycles. The van der Waals surface area contributed by atoms with Gasteiger partial charge in [-0.25, -0.2) is 0 Å². The first kappa shape index (κ1) is 18.2. The smallest absolute Gasteiger partial charge is 0.0658 e. The Morgan fingerprint density at radius 2 is 1.15 bits per heavy atom. The highest BCUT2D eigenvalue weighted by Gasteiger charge is 2.09. The fourth-order valence-corrected chi connectivity index (χ4v) is 4.19. The molecule has 0 radical (unpaired) electrons. The molecule has 4 rings (SSSR count). The van der Waals surface area contributed by atoms with E-state index in [1.54, 1.807) is 0 Å². The van der Waals surface area contributed by atoms with Gasteiger partial charge in [0.25, 0.3) is 0 Å². The Kier molecular flexibility index (Phi) is 5.81. The molecule has 0 heterocycles. The van der Waals surface area contributed by atoms with Gasteiger partial charge in [-0.2, -0.15) is 0 Å². The number of aliphatic imine (C=N–C) groups is 2. The number of aryl methyl sites for hydroxylation is 1. The second-order valence-electron chi connectivity index (χ2n) is 8.03. The van der Waals surface area contributed by atoms with Crippen molar-refractivity contribution in [2.75, 3.05) is 0 Å². The Balaban J connectivity index is 1.50. The molecule has 0 spiro atoms. The molecule has 0 unspecified atom stereocenters. The van der Waals surface area contributed by atoms with Crippen LogP contribution in [-0.4, -0.2) is 11.4 Å². The second-order valence-corrected chi connectivity index (χ2v) is 8.03. The van der Waals surface area contributed by atoms with Crippen molar-refractivity contribution < 1.29 is 0 Å². The third-order valence-corrected chi connectivity index (χ3v) is 5.82. The van der Waals surface area contributed by atoms with Gasteiger partial charge in [-0.1, -0.05) is 31.0 Å². The summed E-state index contributed by atoms with van der Waals surface area (Å²) < 4.78 is 0. The summed E-state index contributed by atoms with van der Waals surface area (Å²) in [4.78, 5) is 9.78. The molecule has 0 N–H and O–H groups in total. The summed E-state index contributed by atoms with van der Waals surface area (Å²) in [7, 11) is 0. The van der Waals surface area contributed by atoms with Gasteiger partial charge in [0.2, 0.25) is 0 Å². The van der Waals surface area contributed by atoms with Crippen molar-refractivity contribution in [3.05, 3.63) is 48.0 Å². The van der Waals surface area contributed by atoms with Crippen molar-refractivity contribution in [3.63, 3.8) is 0 Å². The minimum atomic E-state index is 1.09. The monoisotopic (exact) mass is 358 g/mol. The van der Waals surface area contributed by atoms with Gasteiger partial charge in [0, 0.05) is 11.4 Å². The van der Waals surface area contributed by atoms with Crippen molar-refractivity contribution in [1.29, 1.82) is 0 Å². The lowest BCUT2D eigenvalue weighted by Crippen LogP contribution is -2.03. The molecule has 27 heavy (non-hydrogen) atoms. The van der Waals surface area contributed by atoms with Crippen LogP contribution >= 0.6 is 0 Å². The van der Waals surface area contributed by atoms with Crippen molar-refractivity contribution >= 4 is 22.8 Å². The van der Waals surface area contributed by atoms with E-state index >= 15 is 0 Å². The van der Waals surface area contributed by atoms with E-state index in [1.165, 1.54) is 92.3 Å². The first-order valence-corrected chi connectivity index (χ1v) is 10.6. The average molecular weight is 359 g/mol. The van der Waals surface area contributed by atoms with E-state index in [9.17, 15) is 0 Å². The van der Waals surface area contributed by atoms with Crippen LogP contribution in [0.1, 0.15) is 69.8 Å². The van der Waals surface area contributed by atoms with E-state index in [0.717, 1.165) is 11.4 Å². The molecule has 2 fully saturated rings. The third kappa shape index (κ3) is 4.74. The van der Waals surface area contributed by atoms with Crippen molar-refractivity contribution in [2.24, 2.45) is 9.98 Å². The third-order valence-electron chi connectivity index (χ3n) is 5.82. The van der Waals surface area contributed by atoms with E-state index < -0.39 is 0 Å². The SMILES string of the molecule is Cc1cc(-c2ccc(N=C3CCCCC3)cc2)ccc1N=C1CCCCC1. The maximum Gasteiger partial charge on any atom is 0.0658 e. The molecule has 2 aromatic rings. The molecule has 2 nitrogen and oxygen atoms in total. The molecule has 0 atom stereocenters. The maximum absolute atomic E-state index is 4.93. The molecule has 2 aliphatic rings. The van der Waals surface area contributed by atoms with Crippen LogP contribution in [0.5, 0.6) is 0 Å². The van der Waals surface area contributed by atoms with Crippen LogP contribution in [0.25, 0.3) is 11.1 Å². The van der Waals surface area contributed by atoms with E-state index in [4.69, 9.17) is 9.98 Å². The number of benzene rings is 2. The molecular weight excluding hydrogens is 328 g/mol. The predicted molar refractivity (Wildman–Crippen MR) is 117 cm³/mol. The predicted octanol–water partition coefficient (Wildman–Crippen LogP) is 7.74.